The molecular formula is C6H11BrN2O. The van der Waals surface area contributed by atoms with E-state index in [2.05, 4.69) is 20.8 Å². The summed E-state index contributed by atoms with van der Waals surface area (Å²) in [5.74, 6) is 0. The van der Waals surface area contributed by atoms with Crippen LogP contribution in [-0.4, -0.2) is 47.8 Å². The molecule has 3 nitrogen and oxygen atoms in total. The van der Waals surface area contributed by atoms with E-state index in [4.69, 9.17) is 0 Å². The van der Waals surface area contributed by atoms with Crippen LogP contribution in [0.1, 0.15) is 0 Å². The van der Waals surface area contributed by atoms with Gasteiger partial charge in [0, 0.05) is 26.2 Å². The molecule has 0 aliphatic carbocycles. The van der Waals surface area contributed by atoms with Gasteiger partial charge in [0.1, 0.15) is 0 Å². The molecule has 1 aliphatic heterocycles. The first kappa shape index (κ1) is 8.01. The summed E-state index contributed by atoms with van der Waals surface area (Å²) in [5, 5.41) is 0. The Labute approximate surface area is 69.1 Å². The molecule has 0 atom stereocenters. The summed E-state index contributed by atoms with van der Waals surface area (Å²) < 4.78 is 0. The number of hydrogen-bond donors (Lipinski definition) is 0. The van der Waals surface area contributed by atoms with E-state index in [-0.39, 0.29) is 0 Å². The van der Waals surface area contributed by atoms with Gasteiger partial charge in [-0.2, -0.15) is 0 Å². The second-order valence-corrected chi connectivity index (χ2v) is 2.88. The Morgan fingerprint density at radius 1 is 1.30 bits per heavy atom. The monoisotopic (exact) mass is 206 g/mol. The maximum atomic E-state index is 10.3. The molecule has 0 spiro atoms. The van der Waals surface area contributed by atoms with Crippen LogP contribution in [0.25, 0.3) is 0 Å². The van der Waals surface area contributed by atoms with Crippen molar-refractivity contribution in [3.63, 3.8) is 0 Å². The topological polar surface area (TPSA) is 23.6 Å². The van der Waals surface area contributed by atoms with Crippen molar-refractivity contribution in [2.75, 3.05) is 31.6 Å². The predicted octanol–water partition coefficient (Wildman–Crippen LogP) is 0.113. The van der Waals surface area contributed by atoms with Gasteiger partial charge in [-0.1, -0.05) is 15.9 Å². The molecule has 10 heavy (non-hydrogen) atoms. The summed E-state index contributed by atoms with van der Waals surface area (Å²) in [7, 11) is 0. The Morgan fingerprint density at radius 3 is 2.30 bits per heavy atom. The quantitative estimate of drug-likeness (QED) is 0.364. The van der Waals surface area contributed by atoms with Crippen molar-refractivity contribution >= 4 is 22.3 Å². The standard InChI is InChI=1S/C6H11BrN2O/c7-5-8-1-3-9(6-10)4-2-8/h6H,1-5H2. The van der Waals surface area contributed by atoms with Crippen molar-refractivity contribution in [2.24, 2.45) is 0 Å². The fraction of sp³-hybridized carbons (Fsp3) is 0.833. The molecule has 0 N–H and O–H groups in total. The highest BCUT2D eigenvalue weighted by Crippen LogP contribution is 2.00. The molecule has 1 saturated heterocycles. The number of carbonyl (C=O) groups excluding carboxylic acids is 1. The van der Waals surface area contributed by atoms with Gasteiger partial charge in [0.15, 0.2) is 0 Å². The van der Waals surface area contributed by atoms with Crippen molar-refractivity contribution in [1.29, 1.82) is 0 Å². The lowest BCUT2D eigenvalue weighted by Gasteiger charge is -2.30. The molecule has 0 bridgehead atoms. The van der Waals surface area contributed by atoms with Gasteiger partial charge in [-0.05, 0) is 0 Å². The second-order valence-electron chi connectivity index (χ2n) is 2.38. The van der Waals surface area contributed by atoms with Crippen LogP contribution in [-0.2, 0) is 4.79 Å². The number of halogens is 1. The van der Waals surface area contributed by atoms with Gasteiger partial charge in [0.25, 0.3) is 0 Å². The van der Waals surface area contributed by atoms with Crippen LogP contribution >= 0.6 is 15.9 Å². The number of rotatable bonds is 2. The first-order valence-electron chi connectivity index (χ1n) is 3.34. The first-order chi connectivity index (χ1) is 4.86. The van der Waals surface area contributed by atoms with Crippen molar-refractivity contribution < 1.29 is 4.79 Å². The molecule has 0 radical (unpaired) electrons. The number of hydrogen-bond acceptors (Lipinski definition) is 2. The van der Waals surface area contributed by atoms with Gasteiger partial charge in [-0.15, -0.1) is 0 Å². The summed E-state index contributed by atoms with van der Waals surface area (Å²) in [6, 6.07) is 0. The fourth-order valence-electron chi connectivity index (χ4n) is 0.988. The number of carbonyl (C=O) groups is 1. The molecule has 4 heteroatoms. The SMILES string of the molecule is O=CN1CCN(CBr)CC1. The van der Waals surface area contributed by atoms with Crippen LogP contribution in [0.3, 0.4) is 0 Å². The van der Waals surface area contributed by atoms with E-state index in [1.165, 1.54) is 0 Å². The smallest absolute Gasteiger partial charge is 0.209 e. The van der Waals surface area contributed by atoms with Gasteiger partial charge in [0.05, 0.1) is 5.45 Å². The molecule has 0 saturated carbocycles. The van der Waals surface area contributed by atoms with Crippen molar-refractivity contribution in [2.45, 2.75) is 0 Å². The number of piperazine rings is 1. The van der Waals surface area contributed by atoms with Crippen molar-refractivity contribution in [3.05, 3.63) is 0 Å². The third kappa shape index (κ3) is 1.95. The lowest BCUT2D eigenvalue weighted by molar-refractivity contribution is -0.119. The highest BCUT2D eigenvalue weighted by molar-refractivity contribution is 9.09. The first-order valence-corrected chi connectivity index (χ1v) is 4.46. The molecule has 0 aromatic carbocycles. The molecule has 0 aromatic heterocycles. The average Bonchev–Trinajstić information content (AvgIpc) is 2.05. The third-order valence-electron chi connectivity index (χ3n) is 1.72. The van der Waals surface area contributed by atoms with Crippen LogP contribution in [0.2, 0.25) is 0 Å². The van der Waals surface area contributed by atoms with E-state index in [0.717, 1.165) is 38.0 Å². The van der Waals surface area contributed by atoms with Crippen LogP contribution in [0.15, 0.2) is 0 Å². The van der Waals surface area contributed by atoms with E-state index in [1.54, 1.807) is 4.90 Å². The number of alkyl halides is 1. The van der Waals surface area contributed by atoms with E-state index < -0.39 is 0 Å². The highest BCUT2D eigenvalue weighted by Gasteiger charge is 2.12. The Kier molecular flexibility index (Phi) is 3.15. The molecular weight excluding hydrogens is 196 g/mol. The van der Waals surface area contributed by atoms with Crippen LogP contribution in [0.5, 0.6) is 0 Å². The zero-order chi connectivity index (χ0) is 7.40. The van der Waals surface area contributed by atoms with Crippen LogP contribution in [0.4, 0.5) is 0 Å². The van der Waals surface area contributed by atoms with Gasteiger partial charge in [-0.25, -0.2) is 0 Å². The van der Waals surface area contributed by atoms with Gasteiger partial charge in [-0.3, -0.25) is 9.69 Å². The summed E-state index contributed by atoms with van der Waals surface area (Å²) >= 11 is 3.37. The lowest BCUT2D eigenvalue weighted by atomic mass is 10.4. The van der Waals surface area contributed by atoms with Gasteiger partial charge < -0.3 is 4.90 Å². The minimum absolute atomic E-state index is 0.870. The molecule has 1 fully saturated rings. The van der Waals surface area contributed by atoms with Crippen molar-refractivity contribution in [3.8, 4) is 0 Å². The summed E-state index contributed by atoms with van der Waals surface area (Å²) in [4.78, 5) is 14.3. The summed E-state index contributed by atoms with van der Waals surface area (Å²) in [6.07, 6.45) is 0.922. The van der Waals surface area contributed by atoms with E-state index >= 15 is 0 Å². The van der Waals surface area contributed by atoms with Gasteiger partial charge in [0.2, 0.25) is 6.41 Å². The van der Waals surface area contributed by atoms with E-state index in [0.29, 0.717) is 0 Å². The second kappa shape index (κ2) is 3.93. The zero-order valence-corrected chi connectivity index (χ0v) is 7.38. The number of amides is 1. The molecule has 0 aromatic rings. The zero-order valence-electron chi connectivity index (χ0n) is 5.79. The third-order valence-corrected chi connectivity index (χ3v) is 2.43. The Balaban J connectivity index is 2.23. The molecule has 0 unspecified atom stereocenters. The largest absolute Gasteiger partial charge is 0.343 e. The summed E-state index contributed by atoms with van der Waals surface area (Å²) in [5.41, 5.74) is 0.916. The minimum Gasteiger partial charge on any atom is -0.343 e. The highest BCUT2D eigenvalue weighted by atomic mass is 79.9. The Hall–Kier alpha value is -0.0900. The lowest BCUT2D eigenvalue weighted by Crippen LogP contribution is -2.44. The Morgan fingerprint density at radius 2 is 1.90 bits per heavy atom. The number of nitrogens with zero attached hydrogens (tertiary/aromatic N) is 2. The van der Waals surface area contributed by atoms with E-state index in [9.17, 15) is 4.79 Å². The van der Waals surface area contributed by atoms with Crippen LogP contribution < -0.4 is 0 Å². The molecule has 1 rings (SSSR count). The predicted molar refractivity (Wildman–Crippen MR) is 43.0 cm³/mol. The maximum absolute atomic E-state index is 10.3. The summed E-state index contributed by atoms with van der Waals surface area (Å²) in [6.45, 7) is 3.72. The van der Waals surface area contributed by atoms with Gasteiger partial charge >= 0.3 is 0 Å². The normalized spacial score (nSPS) is 21.1. The van der Waals surface area contributed by atoms with E-state index in [1.807, 2.05) is 0 Å². The molecule has 1 amide bonds. The maximum Gasteiger partial charge on any atom is 0.209 e. The fourth-order valence-corrected chi connectivity index (χ4v) is 1.49. The molecule has 1 heterocycles. The van der Waals surface area contributed by atoms with Crippen molar-refractivity contribution in [1.82, 2.24) is 9.80 Å². The average molecular weight is 207 g/mol. The molecule has 58 valence electrons. The minimum atomic E-state index is 0.870. The Bertz CT molecular complexity index is 112. The molecule has 1 aliphatic rings. The van der Waals surface area contributed by atoms with Crippen LogP contribution in [0, 0.1) is 0 Å².